The highest BCUT2D eigenvalue weighted by Gasteiger charge is 2.48. The van der Waals surface area contributed by atoms with E-state index in [9.17, 15) is 4.79 Å². The summed E-state index contributed by atoms with van der Waals surface area (Å²) in [5.41, 5.74) is 1.74. The van der Waals surface area contributed by atoms with Gasteiger partial charge in [0.25, 0.3) is 0 Å². The van der Waals surface area contributed by atoms with E-state index < -0.39 is 0 Å². The van der Waals surface area contributed by atoms with Crippen LogP contribution >= 0.6 is 11.3 Å². The van der Waals surface area contributed by atoms with Crippen molar-refractivity contribution in [3.63, 3.8) is 0 Å². The lowest BCUT2D eigenvalue weighted by molar-refractivity contribution is 0.130. The third kappa shape index (κ3) is 4.18. The molecule has 0 spiro atoms. The van der Waals surface area contributed by atoms with Crippen LogP contribution in [0.5, 0.6) is 11.5 Å². The van der Waals surface area contributed by atoms with Crippen LogP contribution < -0.4 is 14.8 Å². The van der Waals surface area contributed by atoms with Crippen molar-refractivity contribution in [3.05, 3.63) is 34.8 Å². The quantitative estimate of drug-likeness (QED) is 0.698. The molecule has 1 aromatic carbocycles. The monoisotopic (exact) mass is 445 g/mol. The first-order chi connectivity index (χ1) is 15.0. The summed E-state index contributed by atoms with van der Waals surface area (Å²) in [6.45, 7) is 3.28. The standard InChI is InChI=1S/C23H31N3O4S/c1-23(20-13-31-21(24-2)25-20)14-26(22(27)29-4)12-17(23)15-9-10-18(28-3)19(11-15)30-16-7-5-6-8-16/h9-11,13,16-17H,5-8,12,14H2,1-4H3,(H,24,25). The molecule has 0 bridgehead atoms. The van der Waals surface area contributed by atoms with Gasteiger partial charge in [0.1, 0.15) is 0 Å². The highest BCUT2D eigenvalue weighted by Crippen LogP contribution is 2.47. The van der Waals surface area contributed by atoms with E-state index in [0.717, 1.165) is 40.7 Å². The summed E-state index contributed by atoms with van der Waals surface area (Å²) in [7, 11) is 4.97. The van der Waals surface area contributed by atoms with Gasteiger partial charge < -0.3 is 24.4 Å². The number of nitrogens with one attached hydrogen (secondary N) is 1. The topological polar surface area (TPSA) is 72.9 Å². The predicted molar refractivity (Wildman–Crippen MR) is 122 cm³/mol. The Hall–Kier alpha value is -2.48. The molecule has 8 heteroatoms. The first-order valence-electron chi connectivity index (χ1n) is 10.8. The average molecular weight is 446 g/mol. The van der Waals surface area contributed by atoms with Gasteiger partial charge in [-0.05, 0) is 43.4 Å². The number of carbonyl (C=O) groups excluding carboxylic acids is 1. The Morgan fingerprint density at radius 3 is 2.68 bits per heavy atom. The number of thiazole rings is 1. The Labute approximate surface area is 187 Å². The lowest BCUT2D eigenvalue weighted by Crippen LogP contribution is -2.33. The maximum Gasteiger partial charge on any atom is 0.409 e. The van der Waals surface area contributed by atoms with Gasteiger partial charge in [-0.1, -0.05) is 13.0 Å². The number of anilines is 1. The fourth-order valence-corrected chi connectivity index (χ4v) is 5.65. The van der Waals surface area contributed by atoms with Gasteiger partial charge in [0.05, 0.1) is 26.0 Å². The SMILES string of the molecule is CNc1nc(C2(C)CN(C(=O)OC)CC2c2ccc(OC)c(OC3CCCC3)c2)cs1. The summed E-state index contributed by atoms with van der Waals surface area (Å²) >= 11 is 1.58. The van der Waals surface area contributed by atoms with E-state index in [1.165, 1.54) is 20.0 Å². The summed E-state index contributed by atoms with van der Waals surface area (Å²) in [6, 6.07) is 6.14. The second kappa shape index (κ2) is 8.94. The van der Waals surface area contributed by atoms with Crippen LogP contribution in [0.15, 0.2) is 23.6 Å². The van der Waals surface area contributed by atoms with E-state index in [4.69, 9.17) is 19.2 Å². The van der Waals surface area contributed by atoms with Crippen molar-refractivity contribution in [1.82, 2.24) is 9.88 Å². The Morgan fingerprint density at radius 2 is 2.03 bits per heavy atom. The Bertz CT molecular complexity index is 927. The second-order valence-electron chi connectivity index (χ2n) is 8.54. The summed E-state index contributed by atoms with van der Waals surface area (Å²) in [5, 5.41) is 6.07. The molecule has 1 saturated heterocycles. The minimum Gasteiger partial charge on any atom is -0.493 e. The minimum absolute atomic E-state index is 0.0511. The molecule has 4 rings (SSSR count). The number of amides is 1. The number of nitrogens with zero attached hydrogens (tertiary/aromatic N) is 2. The van der Waals surface area contributed by atoms with E-state index in [1.54, 1.807) is 23.3 Å². The zero-order valence-corrected chi connectivity index (χ0v) is 19.5. The van der Waals surface area contributed by atoms with Gasteiger partial charge >= 0.3 is 6.09 Å². The largest absolute Gasteiger partial charge is 0.493 e. The van der Waals surface area contributed by atoms with E-state index in [-0.39, 0.29) is 23.5 Å². The normalized spacial score (nSPS) is 23.7. The minimum atomic E-state index is -0.348. The smallest absolute Gasteiger partial charge is 0.409 e. The van der Waals surface area contributed by atoms with Crippen LogP contribution in [0.2, 0.25) is 0 Å². The molecule has 1 aromatic heterocycles. The fraction of sp³-hybridized carbons (Fsp3) is 0.565. The van der Waals surface area contributed by atoms with Gasteiger partial charge in [0.2, 0.25) is 0 Å². The Kier molecular flexibility index (Phi) is 6.27. The summed E-state index contributed by atoms with van der Waals surface area (Å²) < 4.78 is 16.9. The maximum absolute atomic E-state index is 12.4. The average Bonchev–Trinajstić information content (AvgIpc) is 3.53. The van der Waals surface area contributed by atoms with Gasteiger partial charge in [0, 0.05) is 36.9 Å². The van der Waals surface area contributed by atoms with E-state index in [2.05, 4.69) is 29.8 Å². The van der Waals surface area contributed by atoms with Gasteiger partial charge in [-0.3, -0.25) is 0 Å². The van der Waals surface area contributed by atoms with Crippen molar-refractivity contribution in [2.24, 2.45) is 0 Å². The molecule has 2 fully saturated rings. The highest BCUT2D eigenvalue weighted by molar-refractivity contribution is 7.13. The van der Waals surface area contributed by atoms with Crippen LogP contribution in [0, 0.1) is 0 Å². The maximum atomic E-state index is 12.4. The molecule has 2 unspecified atom stereocenters. The van der Waals surface area contributed by atoms with Gasteiger partial charge in [-0.25, -0.2) is 9.78 Å². The number of rotatable bonds is 6. The molecule has 1 aliphatic carbocycles. The zero-order chi connectivity index (χ0) is 22.0. The number of benzene rings is 1. The summed E-state index contributed by atoms with van der Waals surface area (Å²) in [6.07, 6.45) is 4.50. The van der Waals surface area contributed by atoms with Crippen molar-refractivity contribution in [1.29, 1.82) is 0 Å². The molecule has 0 radical (unpaired) electrons. The summed E-state index contributed by atoms with van der Waals surface area (Å²) in [4.78, 5) is 19.0. The van der Waals surface area contributed by atoms with Gasteiger partial charge in [0.15, 0.2) is 16.6 Å². The van der Waals surface area contributed by atoms with Crippen molar-refractivity contribution >= 4 is 22.6 Å². The molecule has 7 nitrogen and oxygen atoms in total. The highest BCUT2D eigenvalue weighted by atomic mass is 32.1. The zero-order valence-electron chi connectivity index (χ0n) is 18.6. The lowest BCUT2D eigenvalue weighted by atomic mass is 9.74. The lowest BCUT2D eigenvalue weighted by Gasteiger charge is -2.29. The molecule has 1 aliphatic heterocycles. The summed E-state index contributed by atoms with van der Waals surface area (Å²) in [5.74, 6) is 1.57. The molecule has 2 aliphatic rings. The number of likely N-dealkylation sites (tertiary alicyclic amines) is 1. The van der Waals surface area contributed by atoms with Gasteiger partial charge in [-0.15, -0.1) is 11.3 Å². The molecule has 1 amide bonds. The number of hydrogen-bond acceptors (Lipinski definition) is 7. The molecule has 1 N–H and O–H groups in total. The number of ether oxygens (including phenoxy) is 3. The fourth-order valence-electron chi connectivity index (χ4n) is 4.83. The first-order valence-corrected chi connectivity index (χ1v) is 11.7. The number of hydrogen-bond donors (Lipinski definition) is 1. The van der Waals surface area contributed by atoms with Crippen LogP contribution in [0.4, 0.5) is 9.93 Å². The van der Waals surface area contributed by atoms with Crippen molar-refractivity contribution in [2.75, 3.05) is 39.7 Å². The Morgan fingerprint density at radius 1 is 1.26 bits per heavy atom. The molecular formula is C23H31N3O4S. The molecule has 2 atom stereocenters. The molecule has 31 heavy (non-hydrogen) atoms. The van der Waals surface area contributed by atoms with Crippen LogP contribution in [0.3, 0.4) is 0 Å². The second-order valence-corrected chi connectivity index (χ2v) is 9.40. The molecule has 1 saturated carbocycles. The molecular weight excluding hydrogens is 414 g/mol. The van der Waals surface area contributed by atoms with E-state index in [0.29, 0.717) is 13.1 Å². The molecule has 2 heterocycles. The van der Waals surface area contributed by atoms with Crippen LogP contribution in [0.25, 0.3) is 0 Å². The first kappa shape index (κ1) is 21.7. The third-order valence-electron chi connectivity index (χ3n) is 6.61. The van der Waals surface area contributed by atoms with Crippen molar-refractivity contribution in [3.8, 4) is 11.5 Å². The third-order valence-corrected chi connectivity index (χ3v) is 7.47. The molecule has 168 valence electrons. The van der Waals surface area contributed by atoms with E-state index in [1.807, 2.05) is 13.1 Å². The van der Waals surface area contributed by atoms with Crippen molar-refractivity contribution < 1.29 is 19.0 Å². The number of methoxy groups -OCH3 is 2. The van der Waals surface area contributed by atoms with Crippen molar-refractivity contribution in [2.45, 2.75) is 50.0 Å². The van der Waals surface area contributed by atoms with Crippen LogP contribution in [0.1, 0.15) is 49.8 Å². The van der Waals surface area contributed by atoms with Crippen LogP contribution in [-0.2, 0) is 10.2 Å². The van der Waals surface area contributed by atoms with E-state index >= 15 is 0 Å². The number of aromatic nitrogens is 1. The molecule has 2 aromatic rings. The predicted octanol–water partition coefficient (Wildman–Crippen LogP) is 4.64. The van der Waals surface area contributed by atoms with Crippen LogP contribution in [-0.4, -0.2) is 56.4 Å². The Balaban J connectivity index is 1.71. The number of carbonyl (C=O) groups is 1. The van der Waals surface area contributed by atoms with Gasteiger partial charge in [-0.2, -0.15) is 0 Å².